The van der Waals surface area contributed by atoms with Gasteiger partial charge in [-0.15, -0.1) is 0 Å². The second kappa shape index (κ2) is 5.61. The average Bonchev–Trinajstić information content (AvgIpc) is 2.46. The van der Waals surface area contributed by atoms with Gasteiger partial charge in [0.2, 0.25) is 5.95 Å². The summed E-state index contributed by atoms with van der Waals surface area (Å²) in [5.41, 5.74) is 1.14. The molecule has 3 nitrogen and oxygen atoms in total. The minimum atomic E-state index is -0.647. The van der Waals surface area contributed by atoms with E-state index in [4.69, 9.17) is 0 Å². The van der Waals surface area contributed by atoms with Crippen LogP contribution in [0.5, 0.6) is 0 Å². The third-order valence-electron chi connectivity index (χ3n) is 3.12. The summed E-state index contributed by atoms with van der Waals surface area (Å²) in [6, 6.07) is 13.8. The molecule has 1 aromatic heterocycles. The summed E-state index contributed by atoms with van der Waals surface area (Å²) in [4.78, 5) is 17.4. The van der Waals surface area contributed by atoms with E-state index in [1.807, 2.05) is 37.3 Å². The number of carbonyl (C=O) groups excluding carboxylic acids is 1. The summed E-state index contributed by atoms with van der Waals surface area (Å²) in [6.07, 6.45) is 0. The maximum atomic E-state index is 13.0. The van der Waals surface area contributed by atoms with Gasteiger partial charge in [0, 0.05) is 7.05 Å². The molecule has 0 saturated heterocycles. The van der Waals surface area contributed by atoms with E-state index in [0.717, 1.165) is 5.56 Å². The lowest BCUT2D eigenvalue weighted by Gasteiger charge is -2.25. The van der Waals surface area contributed by atoms with Crippen LogP contribution in [0.3, 0.4) is 0 Å². The average molecular weight is 258 g/mol. The highest BCUT2D eigenvalue weighted by atomic mass is 19.1. The number of benzene rings is 1. The molecule has 0 bridgehead atoms. The van der Waals surface area contributed by atoms with Crippen molar-refractivity contribution in [3.63, 3.8) is 0 Å². The molecule has 2 rings (SSSR count). The van der Waals surface area contributed by atoms with Gasteiger partial charge >= 0.3 is 0 Å². The predicted molar refractivity (Wildman–Crippen MR) is 71.1 cm³/mol. The van der Waals surface area contributed by atoms with Gasteiger partial charge in [-0.1, -0.05) is 36.4 Å². The Morgan fingerprint density at radius 1 is 1.16 bits per heavy atom. The number of nitrogens with zero attached hydrogens (tertiary/aromatic N) is 2. The summed E-state index contributed by atoms with van der Waals surface area (Å²) in [7, 11) is 1.69. The highest BCUT2D eigenvalue weighted by Crippen LogP contribution is 2.19. The van der Waals surface area contributed by atoms with Crippen LogP contribution in [0.25, 0.3) is 0 Å². The number of pyridine rings is 1. The molecule has 0 saturated carbocycles. The first-order valence-corrected chi connectivity index (χ1v) is 6.04. The highest BCUT2D eigenvalue weighted by molar-refractivity contribution is 5.92. The molecule has 0 radical (unpaired) electrons. The number of carbonyl (C=O) groups is 1. The van der Waals surface area contributed by atoms with Crippen molar-refractivity contribution >= 4 is 5.91 Å². The van der Waals surface area contributed by atoms with Gasteiger partial charge in [0.15, 0.2) is 0 Å². The Labute approximate surface area is 111 Å². The number of halogens is 1. The van der Waals surface area contributed by atoms with E-state index in [9.17, 15) is 9.18 Å². The van der Waals surface area contributed by atoms with Crippen LogP contribution in [-0.2, 0) is 0 Å². The summed E-state index contributed by atoms with van der Waals surface area (Å²) in [5, 5.41) is 0. The van der Waals surface area contributed by atoms with Crippen LogP contribution in [0.15, 0.2) is 48.5 Å². The summed E-state index contributed by atoms with van der Waals surface area (Å²) in [5.74, 6) is -0.942. The van der Waals surface area contributed by atoms with Gasteiger partial charge in [0.05, 0.1) is 6.04 Å². The molecule has 4 heteroatoms. The minimum absolute atomic E-state index is 0.0984. The molecule has 1 heterocycles. The van der Waals surface area contributed by atoms with Crippen LogP contribution in [0.4, 0.5) is 4.39 Å². The molecule has 1 unspecified atom stereocenters. The van der Waals surface area contributed by atoms with Gasteiger partial charge in [-0.05, 0) is 24.6 Å². The molecule has 0 N–H and O–H groups in total. The first-order valence-electron chi connectivity index (χ1n) is 6.04. The molecule has 1 amide bonds. The lowest BCUT2D eigenvalue weighted by Crippen LogP contribution is -2.30. The number of hydrogen-bond acceptors (Lipinski definition) is 2. The Hall–Kier alpha value is -2.23. The molecule has 0 aliphatic rings. The number of aromatic nitrogens is 1. The quantitative estimate of drug-likeness (QED) is 0.793. The Bertz CT molecular complexity index is 571. The molecule has 0 fully saturated rings. The van der Waals surface area contributed by atoms with Crippen molar-refractivity contribution in [3.8, 4) is 0 Å². The van der Waals surface area contributed by atoms with Crippen LogP contribution < -0.4 is 0 Å². The van der Waals surface area contributed by atoms with Crippen molar-refractivity contribution in [2.45, 2.75) is 13.0 Å². The van der Waals surface area contributed by atoms with Crippen molar-refractivity contribution in [3.05, 3.63) is 65.7 Å². The second-order valence-corrected chi connectivity index (χ2v) is 4.35. The summed E-state index contributed by atoms with van der Waals surface area (Å²) >= 11 is 0. The maximum Gasteiger partial charge on any atom is 0.272 e. The van der Waals surface area contributed by atoms with Gasteiger partial charge < -0.3 is 4.90 Å². The Kier molecular flexibility index (Phi) is 3.90. The predicted octanol–water partition coefficient (Wildman–Crippen LogP) is 3.05. The molecular weight excluding hydrogens is 243 g/mol. The number of rotatable bonds is 3. The maximum absolute atomic E-state index is 13.0. The van der Waals surface area contributed by atoms with Crippen LogP contribution in [-0.4, -0.2) is 22.8 Å². The van der Waals surface area contributed by atoms with Gasteiger partial charge in [0.1, 0.15) is 5.69 Å². The van der Waals surface area contributed by atoms with Crippen molar-refractivity contribution in [1.29, 1.82) is 0 Å². The number of amides is 1. The van der Waals surface area contributed by atoms with Crippen molar-refractivity contribution < 1.29 is 9.18 Å². The van der Waals surface area contributed by atoms with E-state index in [0.29, 0.717) is 0 Å². The molecule has 19 heavy (non-hydrogen) atoms. The zero-order valence-electron chi connectivity index (χ0n) is 10.9. The van der Waals surface area contributed by atoms with Crippen molar-refractivity contribution in [2.75, 3.05) is 7.05 Å². The third kappa shape index (κ3) is 2.96. The van der Waals surface area contributed by atoms with E-state index in [1.54, 1.807) is 11.9 Å². The SMILES string of the molecule is CC(c1ccccc1)N(C)C(=O)c1cccc(F)n1. The zero-order valence-corrected chi connectivity index (χ0v) is 10.9. The molecule has 1 aromatic carbocycles. The standard InChI is InChI=1S/C15H15FN2O/c1-11(12-7-4-3-5-8-12)18(2)15(19)13-9-6-10-14(16)17-13/h3-11H,1-2H3. The Morgan fingerprint density at radius 2 is 1.84 bits per heavy atom. The van der Waals surface area contributed by atoms with Crippen molar-refractivity contribution in [2.24, 2.45) is 0 Å². The second-order valence-electron chi connectivity index (χ2n) is 4.35. The van der Waals surface area contributed by atoms with E-state index in [-0.39, 0.29) is 17.6 Å². The lowest BCUT2D eigenvalue weighted by atomic mass is 10.1. The van der Waals surface area contributed by atoms with Gasteiger partial charge in [-0.25, -0.2) is 4.98 Å². The largest absolute Gasteiger partial charge is 0.334 e. The monoisotopic (exact) mass is 258 g/mol. The highest BCUT2D eigenvalue weighted by Gasteiger charge is 2.19. The van der Waals surface area contributed by atoms with Crippen LogP contribution in [0.2, 0.25) is 0 Å². The van der Waals surface area contributed by atoms with Gasteiger partial charge in [-0.2, -0.15) is 4.39 Å². The molecular formula is C15H15FN2O. The molecule has 2 aromatic rings. The zero-order chi connectivity index (χ0) is 13.8. The van der Waals surface area contributed by atoms with Crippen LogP contribution >= 0.6 is 0 Å². The van der Waals surface area contributed by atoms with Gasteiger partial charge in [0.25, 0.3) is 5.91 Å². The molecule has 98 valence electrons. The van der Waals surface area contributed by atoms with E-state index >= 15 is 0 Å². The first-order chi connectivity index (χ1) is 9.09. The van der Waals surface area contributed by atoms with E-state index < -0.39 is 5.95 Å². The van der Waals surface area contributed by atoms with Crippen LogP contribution in [0, 0.1) is 5.95 Å². The smallest absolute Gasteiger partial charge is 0.272 e. The fourth-order valence-corrected chi connectivity index (χ4v) is 1.84. The summed E-state index contributed by atoms with van der Waals surface area (Å²) in [6.45, 7) is 1.92. The molecule has 0 aliphatic heterocycles. The fourth-order valence-electron chi connectivity index (χ4n) is 1.84. The Balaban J connectivity index is 2.20. The number of hydrogen-bond donors (Lipinski definition) is 0. The van der Waals surface area contributed by atoms with E-state index in [2.05, 4.69) is 4.98 Å². The normalized spacial score (nSPS) is 11.9. The lowest BCUT2D eigenvalue weighted by molar-refractivity contribution is 0.0735. The molecule has 0 spiro atoms. The minimum Gasteiger partial charge on any atom is -0.334 e. The topological polar surface area (TPSA) is 33.2 Å². The van der Waals surface area contributed by atoms with E-state index in [1.165, 1.54) is 18.2 Å². The van der Waals surface area contributed by atoms with Crippen molar-refractivity contribution in [1.82, 2.24) is 9.88 Å². The first kappa shape index (κ1) is 13.2. The fraction of sp³-hybridized carbons (Fsp3) is 0.200. The molecule has 1 atom stereocenters. The third-order valence-corrected chi connectivity index (χ3v) is 3.12. The molecule has 0 aliphatic carbocycles. The summed E-state index contributed by atoms with van der Waals surface area (Å²) < 4.78 is 13.0. The Morgan fingerprint density at radius 3 is 2.47 bits per heavy atom. The van der Waals surface area contributed by atoms with Gasteiger partial charge in [-0.3, -0.25) is 4.79 Å². The van der Waals surface area contributed by atoms with Crippen LogP contribution in [0.1, 0.15) is 29.0 Å².